The quantitative estimate of drug-likeness (QED) is 0.869. The van der Waals surface area contributed by atoms with Crippen molar-refractivity contribution in [2.24, 2.45) is 0 Å². The maximum absolute atomic E-state index is 11.0. The molecule has 6 heteroatoms. The van der Waals surface area contributed by atoms with Crippen molar-refractivity contribution in [3.05, 3.63) is 17.3 Å². The number of carbonyl (C=O) groups is 1. The number of rotatable bonds is 5. The zero-order valence-electron chi connectivity index (χ0n) is 10.3. The second kappa shape index (κ2) is 5.30. The highest BCUT2D eigenvalue weighted by atomic mass is 32.1. The summed E-state index contributed by atoms with van der Waals surface area (Å²) in [4.78, 5) is 19.3. The molecule has 0 saturated heterocycles. The minimum atomic E-state index is -0.951. The fourth-order valence-corrected chi connectivity index (χ4v) is 2.79. The SMILES string of the molecule is CCCC(C)Nc1ncnc2c(C(=O)O)csc12. The molecular formula is C12H15N3O2S. The zero-order valence-corrected chi connectivity index (χ0v) is 11.1. The Kier molecular flexibility index (Phi) is 3.76. The van der Waals surface area contributed by atoms with Crippen molar-refractivity contribution in [1.82, 2.24) is 9.97 Å². The molecule has 0 bridgehead atoms. The summed E-state index contributed by atoms with van der Waals surface area (Å²) in [5.41, 5.74) is 0.747. The number of carboxylic acids is 1. The third kappa shape index (κ3) is 2.43. The number of hydrogen-bond donors (Lipinski definition) is 2. The van der Waals surface area contributed by atoms with Gasteiger partial charge in [-0.2, -0.15) is 0 Å². The predicted octanol–water partition coefficient (Wildman–Crippen LogP) is 2.99. The van der Waals surface area contributed by atoms with Crippen molar-refractivity contribution in [2.75, 3.05) is 5.32 Å². The highest BCUT2D eigenvalue weighted by molar-refractivity contribution is 7.18. The fraction of sp³-hybridized carbons (Fsp3) is 0.417. The van der Waals surface area contributed by atoms with E-state index in [0.29, 0.717) is 11.6 Å². The van der Waals surface area contributed by atoms with Crippen molar-refractivity contribution in [1.29, 1.82) is 0 Å². The van der Waals surface area contributed by atoms with Crippen molar-refractivity contribution < 1.29 is 9.90 Å². The van der Waals surface area contributed by atoms with Crippen LogP contribution in [0.3, 0.4) is 0 Å². The van der Waals surface area contributed by atoms with Crippen LogP contribution in [-0.4, -0.2) is 27.1 Å². The van der Waals surface area contributed by atoms with Crippen molar-refractivity contribution >= 4 is 33.3 Å². The van der Waals surface area contributed by atoms with Crippen LogP contribution in [0.4, 0.5) is 5.82 Å². The second-order valence-electron chi connectivity index (χ2n) is 4.19. The standard InChI is InChI=1S/C12H15N3O2S/c1-3-4-7(2)15-11-10-9(13-6-14-11)8(5-18-10)12(16)17/h5-7H,3-4H2,1-2H3,(H,16,17)(H,13,14,15). The van der Waals surface area contributed by atoms with Gasteiger partial charge in [0.25, 0.3) is 0 Å². The lowest BCUT2D eigenvalue weighted by Crippen LogP contribution is -2.15. The van der Waals surface area contributed by atoms with E-state index in [1.54, 1.807) is 5.38 Å². The average molecular weight is 265 g/mol. The molecule has 18 heavy (non-hydrogen) atoms. The van der Waals surface area contributed by atoms with Crippen LogP contribution in [0.2, 0.25) is 0 Å². The van der Waals surface area contributed by atoms with Crippen molar-refractivity contribution in [3.8, 4) is 0 Å². The smallest absolute Gasteiger partial charge is 0.338 e. The first-order chi connectivity index (χ1) is 8.63. The van der Waals surface area contributed by atoms with Gasteiger partial charge >= 0.3 is 5.97 Å². The van der Waals surface area contributed by atoms with Crippen LogP contribution in [0.5, 0.6) is 0 Å². The summed E-state index contributed by atoms with van der Waals surface area (Å²) in [5, 5.41) is 14.0. The van der Waals surface area contributed by atoms with Crippen LogP contribution in [0.15, 0.2) is 11.7 Å². The Balaban J connectivity index is 2.37. The van der Waals surface area contributed by atoms with Crippen molar-refractivity contribution in [2.45, 2.75) is 32.7 Å². The minimum absolute atomic E-state index is 0.239. The maximum atomic E-state index is 11.0. The molecule has 5 nitrogen and oxygen atoms in total. The summed E-state index contributed by atoms with van der Waals surface area (Å²) in [7, 11) is 0. The van der Waals surface area contributed by atoms with E-state index in [0.717, 1.165) is 23.4 Å². The highest BCUT2D eigenvalue weighted by Gasteiger charge is 2.15. The zero-order chi connectivity index (χ0) is 13.1. The van der Waals surface area contributed by atoms with Gasteiger partial charge in [0.1, 0.15) is 17.7 Å². The lowest BCUT2D eigenvalue weighted by molar-refractivity contribution is 0.0699. The fourth-order valence-electron chi connectivity index (χ4n) is 1.84. The molecule has 0 aliphatic rings. The Labute approximate surface area is 109 Å². The van der Waals surface area contributed by atoms with Gasteiger partial charge in [0.15, 0.2) is 0 Å². The monoisotopic (exact) mass is 265 g/mol. The number of thiophene rings is 1. The number of nitrogens with one attached hydrogen (secondary N) is 1. The summed E-state index contributed by atoms with van der Waals surface area (Å²) in [6.07, 6.45) is 3.54. The number of anilines is 1. The molecule has 2 heterocycles. The van der Waals surface area contributed by atoms with Gasteiger partial charge in [-0.15, -0.1) is 11.3 Å². The number of hydrogen-bond acceptors (Lipinski definition) is 5. The van der Waals surface area contributed by atoms with Crippen LogP contribution < -0.4 is 5.32 Å². The Morgan fingerprint density at radius 2 is 2.33 bits per heavy atom. The van der Waals surface area contributed by atoms with E-state index in [1.807, 2.05) is 0 Å². The summed E-state index contributed by atoms with van der Waals surface area (Å²) in [5.74, 6) is -0.231. The number of carboxylic acid groups (broad SMARTS) is 1. The summed E-state index contributed by atoms with van der Waals surface area (Å²) in [6, 6.07) is 0.309. The largest absolute Gasteiger partial charge is 0.478 e. The molecule has 2 rings (SSSR count). The van der Waals surface area contributed by atoms with Gasteiger partial charge in [0, 0.05) is 11.4 Å². The Hall–Kier alpha value is -1.69. The average Bonchev–Trinajstić information content (AvgIpc) is 2.74. The molecule has 0 aliphatic carbocycles. The first kappa shape index (κ1) is 12.8. The molecule has 1 atom stereocenters. The predicted molar refractivity (Wildman–Crippen MR) is 72.4 cm³/mol. The summed E-state index contributed by atoms with van der Waals surface area (Å²) in [6.45, 7) is 4.21. The molecule has 0 radical (unpaired) electrons. The van der Waals surface area contributed by atoms with Gasteiger partial charge in [-0.05, 0) is 13.3 Å². The molecule has 0 aliphatic heterocycles. The first-order valence-corrected chi connectivity index (χ1v) is 6.73. The summed E-state index contributed by atoms with van der Waals surface area (Å²) < 4.78 is 0.804. The Morgan fingerprint density at radius 3 is 3.00 bits per heavy atom. The van der Waals surface area contributed by atoms with Crippen LogP contribution in [-0.2, 0) is 0 Å². The molecule has 96 valence electrons. The third-order valence-corrected chi connectivity index (χ3v) is 3.66. The molecule has 1 unspecified atom stereocenters. The lowest BCUT2D eigenvalue weighted by Gasteiger charge is -2.13. The molecule has 0 aromatic carbocycles. The van der Waals surface area contributed by atoms with Gasteiger partial charge in [0.05, 0.1) is 10.3 Å². The van der Waals surface area contributed by atoms with Crippen LogP contribution in [0.1, 0.15) is 37.0 Å². The molecule has 0 amide bonds. The van der Waals surface area contributed by atoms with E-state index in [1.165, 1.54) is 17.7 Å². The normalized spacial score (nSPS) is 12.6. The highest BCUT2D eigenvalue weighted by Crippen LogP contribution is 2.29. The van der Waals surface area contributed by atoms with E-state index in [4.69, 9.17) is 5.11 Å². The van der Waals surface area contributed by atoms with Crippen molar-refractivity contribution in [3.63, 3.8) is 0 Å². The first-order valence-electron chi connectivity index (χ1n) is 5.85. The van der Waals surface area contributed by atoms with Crippen LogP contribution in [0, 0.1) is 0 Å². The van der Waals surface area contributed by atoms with Crippen LogP contribution in [0.25, 0.3) is 10.2 Å². The molecule has 0 spiro atoms. The third-order valence-electron chi connectivity index (χ3n) is 2.69. The summed E-state index contributed by atoms with van der Waals surface area (Å²) >= 11 is 1.36. The van der Waals surface area contributed by atoms with E-state index >= 15 is 0 Å². The van der Waals surface area contributed by atoms with E-state index in [2.05, 4.69) is 29.1 Å². The molecule has 2 aromatic heterocycles. The van der Waals surface area contributed by atoms with Gasteiger partial charge in [0.2, 0.25) is 0 Å². The number of aromatic carboxylic acids is 1. The van der Waals surface area contributed by atoms with Gasteiger partial charge in [-0.3, -0.25) is 0 Å². The Morgan fingerprint density at radius 1 is 1.56 bits per heavy atom. The van der Waals surface area contributed by atoms with E-state index in [-0.39, 0.29) is 5.56 Å². The molecule has 0 saturated carbocycles. The van der Waals surface area contributed by atoms with Gasteiger partial charge < -0.3 is 10.4 Å². The number of aromatic nitrogens is 2. The lowest BCUT2D eigenvalue weighted by atomic mass is 10.2. The minimum Gasteiger partial charge on any atom is -0.478 e. The molecular weight excluding hydrogens is 250 g/mol. The Bertz CT molecular complexity index is 567. The number of fused-ring (bicyclic) bond motifs is 1. The second-order valence-corrected chi connectivity index (χ2v) is 5.07. The van der Waals surface area contributed by atoms with E-state index < -0.39 is 5.97 Å². The number of nitrogens with zero attached hydrogens (tertiary/aromatic N) is 2. The van der Waals surface area contributed by atoms with Crippen LogP contribution >= 0.6 is 11.3 Å². The molecule has 2 aromatic rings. The van der Waals surface area contributed by atoms with Gasteiger partial charge in [-0.1, -0.05) is 13.3 Å². The topological polar surface area (TPSA) is 75.1 Å². The molecule has 0 fully saturated rings. The maximum Gasteiger partial charge on any atom is 0.338 e. The van der Waals surface area contributed by atoms with Gasteiger partial charge in [-0.25, -0.2) is 14.8 Å². The van der Waals surface area contributed by atoms with E-state index in [9.17, 15) is 4.79 Å². The molecule has 2 N–H and O–H groups in total.